The Morgan fingerprint density at radius 1 is 1.00 bits per heavy atom. The minimum Gasteiger partial charge on any atom is -0.452 e. The lowest BCUT2D eigenvalue weighted by Gasteiger charge is -2.31. The molecule has 13 heteroatoms. The van der Waals surface area contributed by atoms with Crippen molar-refractivity contribution in [1.29, 1.82) is 0 Å². The van der Waals surface area contributed by atoms with Crippen molar-refractivity contribution in [2.75, 3.05) is 31.8 Å². The summed E-state index contributed by atoms with van der Waals surface area (Å²) in [4.78, 5) is 56.1. The number of aromatic nitrogens is 1. The number of ether oxygens (including phenoxy) is 3. The van der Waals surface area contributed by atoms with Crippen LogP contribution in [0.5, 0.6) is 0 Å². The van der Waals surface area contributed by atoms with Crippen molar-refractivity contribution in [1.82, 2.24) is 15.6 Å². The maximum absolute atomic E-state index is 14.2. The Balaban J connectivity index is 1.22. The van der Waals surface area contributed by atoms with Crippen LogP contribution in [0.15, 0.2) is 102 Å². The lowest BCUT2D eigenvalue weighted by Crippen LogP contribution is -2.51. The maximum atomic E-state index is 14.2. The fourth-order valence-corrected chi connectivity index (χ4v) is 5.84. The van der Waals surface area contributed by atoms with Gasteiger partial charge in [0.05, 0.1) is 31.9 Å². The van der Waals surface area contributed by atoms with E-state index in [0.29, 0.717) is 18.5 Å². The number of aromatic amines is 1. The number of hydrogen-bond acceptors (Lipinski definition) is 9. The Labute approximate surface area is 288 Å². The molecule has 1 fully saturated rings. The third kappa shape index (κ3) is 9.20. The zero-order valence-electron chi connectivity index (χ0n) is 27.5. The molecule has 3 amide bonds. The molecule has 5 rings (SSSR count). The molecular weight excluding hydrogens is 645 g/mol. The summed E-state index contributed by atoms with van der Waals surface area (Å²) < 4.78 is 29.4. The number of carbonyl (C=O) groups excluding carboxylic acids is 3. The van der Waals surface area contributed by atoms with Gasteiger partial charge in [-0.1, -0.05) is 72.8 Å². The zero-order chi connectivity index (χ0) is 35.5. The molecule has 1 aliphatic heterocycles. The van der Waals surface area contributed by atoms with Gasteiger partial charge in [0.15, 0.2) is 0 Å². The predicted octanol–water partition coefficient (Wildman–Crippen LogP) is 3.99. The van der Waals surface area contributed by atoms with Crippen molar-refractivity contribution in [3.63, 3.8) is 0 Å². The van der Waals surface area contributed by atoms with Gasteiger partial charge in [0, 0.05) is 25.2 Å². The van der Waals surface area contributed by atoms with Crippen LogP contribution in [0, 0.1) is 5.82 Å². The van der Waals surface area contributed by atoms with E-state index in [1.807, 2.05) is 60.7 Å². The van der Waals surface area contributed by atoms with Gasteiger partial charge in [0.25, 0.3) is 11.5 Å². The highest BCUT2D eigenvalue weighted by molar-refractivity contribution is 6.14. The van der Waals surface area contributed by atoms with Gasteiger partial charge in [-0.3, -0.25) is 9.59 Å². The number of rotatable bonds is 12. The number of hydrogen-bond donors (Lipinski definition) is 4. The summed E-state index contributed by atoms with van der Waals surface area (Å²) in [6.45, 7) is 0.972. The number of benzene rings is 3. The van der Waals surface area contributed by atoms with Crippen molar-refractivity contribution >= 4 is 23.8 Å². The molecule has 3 aromatic carbocycles. The number of imide groups is 1. The molecule has 3 atom stereocenters. The molecule has 4 aromatic rings. The van der Waals surface area contributed by atoms with E-state index in [9.17, 15) is 23.6 Å². The smallest absolute Gasteiger partial charge is 0.421 e. The Kier molecular flexibility index (Phi) is 12.5. The summed E-state index contributed by atoms with van der Waals surface area (Å²) in [6.07, 6.45) is 0.269. The van der Waals surface area contributed by atoms with Gasteiger partial charge in [-0.05, 0) is 53.3 Å². The van der Waals surface area contributed by atoms with Crippen LogP contribution < -0.4 is 26.8 Å². The minimum absolute atomic E-state index is 0.0730. The number of H-pyrrole nitrogens is 1. The largest absolute Gasteiger partial charge is 0.452 e. The first-order valence-corrected chi connectivity index (χ1v) is 16.2. The predicted molar refractivity (Wildman–Crippen MR) is 184 cm³/mol. The van der Waals surface area contributed by atoms with E-state index >= 15 is 0 Å². The Bertz CT molecular complexity index is 1740. The van der Waals surface area contributed by atoms with Crippen LogP contribution in [-0.2, 0) is 32.0 Å². The molecule has 1 saturated heterocycles. The molecule has 1 aromatic heterocycles. The zero-order valence-corrected chi connectivity index (χ0v) is 27.5. The molecular formula is C37H40FN5O7. The third-order valence-corrected chi connectivity index (χ3v) is 8.45. The normalized spacial score (nSPS) is 16.3. The van der Waals surface area contributed by atoms with Gasteiger partial charge < -0.3 is 35.6 Å². The number of alkyl carbamates (subject to hydrolysis) is 1. The quantitative estimate of drug-likeness (QED) is 0.173. The Morgan fingerprint density at radius 3 is 2.26 bits per heavy atom. The van der Waals surface area contributed by atoms with E-state index in [1.54, 1.807) is 18.2 Å². The average Bonchev–Trinajstić information content (AvgIpc) is 3.15. The third-order valence-electron chi connectivity index (χ3n) is 8.45. The number of amides is 3. The molecule has 2 heterocycles. The van der Waals surface area contributed by atoms with Gasteiger partial charge in [0.2, 0.25) is 0 Å². The van der Waals surface area contributed by atoms with Crippen molar-refractivity contribution in [3.8, 4) is 0 Å². The van der Waals surface area contributed by atoms with E-state index in [4.69, 9.17) is 19.9 Å². The van der Waals surface area contributed by atoms with Crippen LogP contribution in [-0.4, -0.2) is 68.1 Å². The lowest BCUT2D eigenvalue weighted by molar-refractivity contribution is -0.119. The first-order chi connectivity index (χ1) is 24.2. The summed E-state index contributed by atoms with van der Waals surface area (Å²) in [5, 5.41) is 5.92. The number of morpholine rings is 1. The van der Waals surface area contributed by atoms with Gasteiger partial charge in [0.1, 0.15) is 18.1 Å². The Hall–Kier alpha value is -5.37. The standard InChI is InChI=1S/C37H40FN5O7/c1-48-37(47)43(35(45)32(39)31(25-8-4-2-5-9-25)26-10-6-3-7-11-26)33-27(18-19-40-34(33)44)14-17-30-21-41-29(22-49-30)23-50-36(46)42-20-24-12-15-28(38)16-13-24/h2-13,15-16,18-19,29-32,41H,14,17,20-23,39H2,1H3,(H,40,44)(H,42,46)/t29-,30+,32-/m0/s1. The van der Waals surface area contributed by atoms with Gasteiger partial charge in [-0.25, -0.2) is 18.9 Å². The van der Waals surface area contributed by atoms with Crippen LogP contribution in [0.3, 0.4) is 0 Å². The highest BCUT2D eigenvalue weighted by Crippen LogP contribution is 2.30. The molecule has 50 heavy (non-hydrogen) atoms. The molecule has 0 unspecified atom stereocenters. The molecule has 0 aliphatic carbocycles. The number of aryl methyl sites for hydroxylation is 1. The second-order valence-corrected chi connectivity index (χ2v) is 11.8. The molecule has 1 aliphatic rings. The van der Waals surface area contributed by atoms with Crippen LogP contribution in [0.4, 0.5) is 19.7 Å². The molecule has 262 valence electrons. The van der Waals surface area contributed by atoms with Crippen molar-refractivity contribution in [3.05, 3.63) is 136 Å². The second kappa shape index (κ2) is 17.3. The van der Waals surface area contributed by atoms with Crippen molar-refractivity contribution in [2.45, 2.75) is 43.5 Å². The molecule has 0 spiro atoms. The number of methoxy groups -OCH3 is 1. The van der Waals surface area contributed by atoms with E-state index in [2.05, 4.69) is 15.6 Å². The number of nitrogens with two attached hydrogens (primary N) is 1. The highest BCUT2D eigenvalue weighted by Gasteiger charge is 2.37. The summed E-state index contributed by atoms with van der Waals surface area (Å²) >= 11 is 0. The number of nitrogens with one attached hydrogen (secondary N) is 3. The van der Waals surface area contributed by atoms with Crippen LogP contribution in [0.25, 0.3) is 0 Å². The van der Waals surface area contributed by atoms with E-state index in [0.717, 1.165) is 28.7 Å². The lowest BCUT2D eigenvalue weighted by atomic mass is 9.84. The van der Waals surface area contributed by atoms with E-state index < -0.39 is 35.6 Å². The number of halogens is 1. The fourth-order valence-electron chi connectivity index (χ4n) is 5.84. The minimum atomic E-state index is -1.25. The Morgan fingerprint density at radius 2 is 1.66 bits per heavy atom. The number of anilines is 1. The summed E-state index contributed by atoms with van der Waals surface area (Å²) in [7, 11) is 1.13. The first-order valence-electron chi connectivity index (χ1n) is 16.2. The summed E-state index contributed by atoms with van der Waals surface area (Å²) in [5.41, 5.74) is 8.55. The fraction of sp³-hybridized carbons (Fsp3) is 0.297. The van der Waals surface area contributed by atoms with E-state index in [-0.39, 0.29) is 49.8 Å². The first kappa shape index (κ1) is 35.9. The van der Waals surface area contributed by atoms with Crippen molar-refractivity contribution < 1.29 is 33.0 Å². The molecule has 0 radical (unpaired) electrons. The highest BCUT2D eigenvalue weighted by atomic mass is 19.1. The molecule has 12 nitrogen and oxygen atoms in total. The van der Waals surface area contributed by atoms with Crippen molar-refractivity contribution in [2.24, 2.45) is 5.73 Å². The number of carbonyl (C=O) groups is 3. The van der Waals surface area contributed by atoms with Gasteiger partial charge in [-0.15, -0.1) is 0 Å². The van der Waals surface area contributed by atoms with Gasteiger partial charge >= 0.3 is 12.2 Å². The monoisotopic (exact) mass is 685 g/mol. The van der Waals surface area contributed by atoms with Crippen LogP contribution in [0.1, 0.15) is 34.6 Å². The summed E-state index contributed by atoms with van der Waals surface area (Å²) in [6, 6.07) is 24.4. The average molecular weight is 686 g/mol. The van der Waals surface area contributed by atoms with E-state index in [1.165, 1.54) is 18.3 Å². The topological polar surface area (TPSA) is 165 Å². The van der Waals surface area contributed by atoms with Crippen LogP contribution >= 0.6 is 0 Å². The molecule has 0 bridgehead atoms. The number of pyridine rings is 1. The summed E-state index contributed by atoms with van der Waals surface area (Å²) in [5.74, 6) is -1.78. The van der Waals surface area contributed by atoms with Crippen LogP contribution in [0.2, 0.25) is 0 Å². The number of nitrogens with zero attached hydrogens (tertiary/aromatic N) is 1. The van der Waals surface area contributed by atoms with Gasteiger partial charge in [-0.2, -0.15) is 0 Å². The maximum Gasteiger partial charge on any atom is 0.421 e. The molecule has 0 saturated carbocycles. The molecule has 5 N–H and O–H groups in total. The second-order valence-electron chi connectivity index (χ2n) is 11.8. The SMILES string of the molecule is COC(=O)N(C(=O)[C@@H](N)C(c1ccccc1)c1ccccc1)c1c(CC[C@@H]2CN[C@H](COC(=O)NCc3ccc(F)cc3)CO2)cc[nH]c1=O.